The molecule has 2 aromatic heterocycles. The molecule has 0 unspecified atom stereocenters. The van der Waals surface area contributed by atoms with Crippen molar-refractivity contribution in [2.24, 2.45) is 5.92 Å². The van der Waals surface area contributed by atoms with Gasteiger partial charge in [0.15, 0.2) is 0 Å². The average Bonchev–Trinajstić information content (AvgIpc) is 3.09. The van der Waals surface area contributed by atoms with Crippen LogP contribution in [-0.4, -0.2) is 57.8 Å². The molecule has 1 saturated heterocycles. The summed E-state index contributed by atoms with van der Waals surface area (Å²) in [5.74, 6) is 0.502. The summed E-state index contributed by atoms with van der Waals surface area (Å²) in [5.41, 5.74) is -0.0265. The number of amides is 2. The van der Waals surface area contributed by atoms with Crippen LogP contribution in [0.25, 0.3) is 10.2 Å². The Labute approximate surface area is 142 Å². The molecule has 4 heterocycles. The second-order valence-electron chi connectivity index (χ2n) is 6.37. The van der Waals surface area contributed by atoms with Crippen LogP contribution in [0.15, 0.2) is 16.2 Å². The van der Waals surface area contributed by atoms with Gasteiger partial charge in [-0.3, -0.25) is 19.0 Å². The molecule has 0 saturated carbocycles. The van der Waals surface area contributed by atoms with Crippen LogP contribution < -0.4 is 5.56 Å². The van der Waals surface area contributed by atoms with Gasteiger partial charge in [-0.2, -0.15) is 0 Å². The zero-order valence-electron chi connectivity index (χ0n) is 13.4. The van der Waals surface area contributed by atoms with E-state index in [9.17, 15) is 14.4 Å². The predicted molar refractivity (Wildman–Crippen MR) is 89.9 cm³/mol. The average molecular weight is 346 g/mol. The molecule has 0 aromatic carbocycles. The van der Waals surface area contributed by atoms with Gasteiger partial charge >= 0.3 is 0 Å². The Balaban J connectivity index is 1.57. The van der Waals surface area contributed by atoms with Crippen LogP contribution in [0, 0.1) is 5.92 Å². The van der Waals surface area contributed by atoms with Crippen molar-refractivity contribution in [1.29, 1.82) is 0 Å². The topological polar surface area (TPSA) is 75.5 Å². The van der Waals surface area contributed by atoms with Gasteiger partial charge in [0.1, 0.15) is 10.7 Å². The standard InChI is InChI=1S/C16H18N4O3S/c1-18-9-10(8-13(18)21)15(22)19-4-2-12-17-14-11(3-7-24-14)16(23)20(12)6-5-19/h3,7,10H,2,4-6,8-9H2,1H3/t10-/m0/s1. The number of likely N-dealkylation sites (tertiary alicyclic amines) is 1. The smallest absolute Gasteiger partial charge is 0.262 e. The van der Waals surface area contributed by atoms with E-state index < -0.39 is 0 Å². The fourth-order valence-corrected chi connectivity index (χ4v) is 4.26. The number of carbonyl (C=O) groups is 2. The first-order chi connectivity index (χ1) is 11.5. The summed E-state index contributed by atoms with van der Waals surface area (Å²) >= 11 is 1.46. The summed E-state index contributed by atoms with van der Waals surface area (Å²) < 4.78 is 1.69. The highest BCUT2D eigenvalue weighted by atomic mass is 32.1. The van der Waals surface area contributed by atoms with E-state index >= 15 is 0 Å². The van der Waals surface area contributed by atoms with Gasteiger partial charge in [-0.25, -0.2) is 4.98 Å². The third kappa shape index (κ3) is 2.41. The van der Waals surface area contributed by atoms with Crippen LogP contribution in [0.5, 0.6) is 0 Å². The lowest BCUT2D eigenvalue weighted by molar-refractivity contribution is -0.135. The molecule has 0 bridgehead atoms. The number of nitrogens with zero attached hydrogens (tertiary/aromatic N) is 4. The SMILES string of the molecule is CN1C[C@@H](C(=O)N2CCc3nc4sccc4c(=O)n3CC2)CC1=O. The van der Waals surface area contributed by atoms with Crippen molar-refractivity contribution in [2.75, 3.05) is 26.7 Å². The van der Waals surface area contributed by atoms with Gasteiger partial charge < -0.3 is 9.80 Å². The fraction of sp³-hybridized carbons (Fsp3) is 0.500. The van der Waals surface area contributed by atoms with Crippen LogP contribution in [-0.2, 0) is 22.6 Å². The minimum absolute atomic E-state index is 0.00960. The number of thiophene rings is 1. The molecule has 2 amide bonds. The monoisotopic (exact) mass is 346 g/mol. The lowest BCUT2D eigenvalue weighted by Crippen LogP contribution is -2.39. The van der Waals surface area contributed by atoms with Gasteiger partial charge in [0.2, 0.25) is 11.8 Å². The second kappa shape index (κ2) is 5.70. The minimum Gasteiger partial charge on any atom is -0.345 e. The molecule has 1 fully saturated rings. The molecule has 0 radical (unpaired) electrons. The van der Waals surface area contributed by atoms with Crippen molar-refractivity contribution in [3.63, 3.8) is 0 Å². The summed E-state index contributed by atoms with van der Waals surface area (Å²) in [6.45, 7) is 1.96. The van der Waals surface area contributed by atoms with E-state index in [1.807, 2.05) is 5.38 Å². The predicted octanol–water partition coefficient (Wildman–Crippen LogP) is 0.321. The first-order valence-electron chi connectivity index (χ1n) is 8.04. The molecule has 126 valence electrons. The molecule has 0 spiro atoms. The lowest BCUT2D eigenvalue weighted by atomic mass is 10.1. The van der Waals surface area contributed by atoms with E-state index in [0.717, 1.165) is 10.7 Å². The van der Waals surface area contributed by atoms with Crippen molar-refractivity contribution in [1.82, 2.24) is 19.4 Å². The summed E-state index contributed by atoms with van der Waals surface area (Å²) in [7, 11) is 1.73. The van der Waals surface area contributed by atoms with Gasteiger partial charge in [0, 0.05) is 46.1 Å². The van der Waals surface area contributed by atoms with Gasteiger partial charge in [-0.05, 0) is 11.4 Å². The maximum Gasteiger partial charge on any atom is 0.262 e. The number of fused-ring (bicyclic) bond motifs is 2. The van der Waals surface area contributed by atoms with Crippen LogP contribution in [0.3, 0.4) is 0 Å². The van der Waals surface area contributed by atoms with Gasteiger partial charge in [0.25, 0.3) is 5.56 Å². The van der Waals surface area contributed by atoms with E-state index in [1.54, 1.807) is 27.5 Å². The Morgan fingerprint density at radius 3 is 2.88 bits per heavy atom. The Hall–Kier alpha value is -2.22. The zero-order valence-corrected chi connectivity index (χ0v) is 14.2. The molecular formula is C16H18N4O3S. The third-order valence-electron chi connectivity index (χ3n) is 4.86. The van der Waals surface area contributed by atoms with Gasteiger partial charge in [-0.15, -0.1) is 11.3 Å². The molecule has 2 aliphatic heterocycles. The van der Waals surface area contributed by atoms with Crippen molar-refractivity contribution in [3.05, 3.63) is 27.6 Å². The van der Waals surface area contributed by atoms with Crippen LogP contribution in [0.1, 0.15) is 12.2 Å². The van der Waals surface area contributed by atoms with E-state index in [0.29, 0.717) is 38.0 Å². The summed E-state index contributed by atoms with van der Waals surface area (Å²) in [6, 6.07) is 1.80. The molecule has 7 nitrogen and oxygen atoms in total. The van der Waals surface area contributed by atoms with Crippen molar-refractivity contribution < 1.29 is 9.59 Å². The van der Waals surface area contributed by atoms with Crippen molar-refractivity contribution in [3.8, 4) is 0 Å². The Bertz CT molecular complexity index is 887. The Morgan fingerprint density at radius 1 is 1.29 bits per heavy atom. The summed E-state index contributed by atoms with van der Waals surface area (Å²) in [6.07, 6.45) is 0.845. The maximum atomic E-state index is 12.7. The molecule has 0 N–H and O–H groups in total. The van der Waals surface area contributed by atoms with Gasteiger partial charge in [0.05, 0.1) is 11.3 Å². The highest BCUT2D eigenvalue weighted by molar-refractivity contribution is 7.16. The number of hydrogen-bond acceptors (Lipinski definition) is 5. The first kappa shape index (κ1) is 15.3. The minimum atomic E-state index is -0.267. The highest BCUT2D eigenvalue weighted by Gasteiger charge is 2.35. The molecule has 2 aromatic rings. The second-order valence-corrected chi connectivity index (χ2v) is 7.27. The quantitative estimate of drug-likeness (QED) is 0.745. The van der Waals surface area contributed by atoms with E-state index in [-0.39, 0.29) is 29.7 Å². The lowest BCUT2D eigenvalue weighted by Gasteiger charge is -2.23. The van der Waals surface area contributed by atoms with Crippen molar-refractivity contribution in [2.45, 2.75) is 19.4 Å². The summed E-state index contributed by atoms with van der Waals surface area (Å²) in [4.78, 5) is 45.7. The molecule has 1 atom stereocenters. The fourth-order valence-electron chi connectivity index (χ4n) is 3.49. The number of aromatic nitrogens is 2. The Kier molecular flexibility index (Phi) is 3.64. The normalized spacial score (nSPS) is 21.2. The molecule has 8 heteroatoms. The first-order valence-corrected chi connectivity index (χ1v) is 8.92. The number of carbonyl (C=O) groups excluding carboxylic acids is 2. The molecule has 0 aliphatic carbocycles. The van der Waals surface area contributed by atoms with Crippen LogP contribution in [0.4, 0.5) is 0 Å². The Morgan fingerprint density at radius 2 is 2.12 bits per heavy atom. The largest absolute Gasteiger partial charge is 0.345 e. The van der Waals surface area contributed by atoms with E-state index in [1.165, 1.54) is 11.3 Å². The maximum absolute atomic E-state index is 12.7. The molecule has 24 heavy (non-hydrogen) atoms. The molecule has 2 aliphatic rings. The number of rotatable bonds is 1. The summed E-state index contributed by atoms with van der Waals surface area (Å²) in [5, 5.41) is 2.52. The van der Waals surface area contributed by atoms with E-state index in [4.69, 9.17) is 0 Å². The van der Waals surface area contributed by atoms with Crippen LogP contribution in [0.2, 0.25) is 0 Å². The highest BCUT2D eigenvalue weighted by Crippen LogP contribution is 2.21. The molecule has 4 rings (SSSR count). The van der Waals surface area contributed by atoms with E-state index in [2.05, 4.69) is 4.98 Å². The van der Waals surface area contributed by atoms with Crippen LogP contribution >= 0.6 is 11.3 Å². The zero-order chi connectivity index (χ0) is 16.8. The molecular weight excluding hydrogens is 328 g/mol. The van der Waals surface area contributed by atoms with Gasteiger partial charge in [-0.1, -0.05) is 0 Å². The third-order valence-corrected chi connectivity index (χ3v) is 5.67. The van der Waals surface area contributed by atoms with Crippen molar-refractivity contribution >= 4 is 33.4 Å². The number of hydrogen-bond donors (Lipinski definition) is 0.